The molecule has 6 heteroatoms. The zero-order valence-electron chi connectivity index (χ0n) is 12.4. The summed E-state index contributed by atoms with van der Waals surface area (Å²) in [5, 5.41) is 20.9. The van der Waals surface area contributed by atoms with Crippen molar-refractivity contribution in [3.63, 3.8) is 0 Å². The van der Waals surface area contributed by atoms with E-state index in [1.165, 1.54) is 0 Å². The average Bonchev–Trinajstić information content (AvgIpc) is 2.94. The Kier molecular flexibility index (Phi) is 3.79. The van der Waals surface area contributed by atoms with Crippen LogP contribution in [-0.4, -0.2) is 17.0 Å². The van der Waals surface area contributed by atoms with Crippen molar-refractivity contribution < 1.29 is 10.0 Å². The number of nitrogens with zero attached hydrogens (tertiary/aromatic N) is 2. The van der Waals surface area contributed by atoms with Crippen molar-refractivity contribution in [1.82, 2.24) is 5.48 Å². The molecule has 0 saturated carbocycles. The summed E-state index contributed by atoms with van der Waals surface area (Å²) in [5.41, 5.74) is 6.06. The molecule has 0 aliphatic carbocycles. The third-order valence-electron chi connectivity index (χ3n) is 3.67. The monoisotopic (exact) mass is 306 g/mol. The van der Waals surface area contributed by atoms with E-state index in [9.17, 15) is 4.79 Å². The number of rotatable bonds is 2. The molecule has 0 spiro atoms. The number of amides is 1. The second-order valence-corrected chi connectivity index (χ2v) is 5.29. The number of hydrogen-bond acceptors (Lipinski definition) is 5. The summed E-state index contributed by atoms with van der Waals surface area (Å²) in [6, 6.07) is 12.7. The van der Waals surface area contributed by atoms with Crippen LogP contribution in [0.1, 0.15) is 27.0 Å². The lowest BCUT2D eigenvalue weighted by Gasteiger charge is -2.07. The van der Waals surface area contributed by atoms with Gasteiger partial charge in [-0.2, -0.15) is 5.26 Å². The first-order valence-electron chi connectivity index (χ1n) is 7.03. The van der Waals surface area contributed by atoms with Crippen LogP contribution in [0.15, 0.2) is 41.4 Å². The molecule has 2 aromatic carbocycles. The van der Waals surface area contributed by atoms with Crippen molar-refractivity contribution in [2.24, 2.45) is 4.99 Å². The minimum Gasteiger partial charge on any atom is -0.343 e. The van der Waals surface area contributed by atoms with Gasteiger partial charge in [-0.3, -0.25) is 10.0 Å². The van der Waals surface area contributed by atoms with E-state index >= 15 is 0 Å². The van der Waals surface area contributed by atoms with Gasteiger partial charge in [-0.15, -0.1) is 0 Å². The number of amidine groups is 1. The minimum absolute atomic E-state index is 0.344. The first-order valence-corrected chi connectivity index (χ1v) is 7.03. The Labute approximate surface area is 133 Å². The van der Waals surface area contributed by atoms with Crippen LogP contribution in [0.4, 0.5) is 11.4 Å². The summed E-state index contributed by atoms with van der Waals surface area (Å²) in [7, 11) is 0. The Hall–Kier alpha value is -3.17. The van der Waals surface area contributed by atoms with Crippen LogP contribution < -0.4 is 10.8 Å². The molecule has 1 amide bonds. The van der Waals surface area contributed by atoms with Gasteiger partial charge in [-0.05, 0) is 42.3 Å². The van der Waals surface area contributed by atoms with E-state index in [2.05, 4.69) is 16.4 Å². The van der Waals surface area contributed by atoms with Crippen LogP contribution in [0.25, 0.3) is 0 Å². The number of aryl methyl sites for hydroxylation is 1. The van der Waals surface area contributed by atoms with E-state index in [-0.39, 0.29) is 0 Å². The number of benzene rings is 2. The largest absolute Gasteiger partial charge is 0.343 e. The molecule has 0 radical (unpaired) electrons. The fourth-order valence-corrected chi connectivity index (χ4v) is 2.53. The molecule has 0 bridgehead atoms. The Bertz CT molecular complexity index is 865. The topological polar surface area (TPSA) is 97.5 Å². The van der Waals surface area contributed by atoms with E-state index in [0.29, 0.717) is 23.2 Å². The first-order chi connectivity index (χ1) is 11.1. The van der Waals surface area contributed by atoms with Crippen LogP contribution in [0.3, 0.4) is 0 Å². The molecule has 2 aromatic rings. The number of aliphatic imine (C=N–C) groups is 1. The molecule has 1 aliphatic rings. The second-order valence-electron chi connectivity index (χ2n) is 5.29. The Morgan fingerprint density at radius 3 is 2.91 bits per heavy atom. The highest BCUT2D eigenvalue weighted by atomic mass is 16.5. The molecule has 3 N–H and O–H groups in total. The standard InChI is InChI=1S/C17H14N4O2/c1-10-5-12-8-16(20-15(12)7-13(10)9-18)19-14-4-2-3-11(6-14)17(22)21-23/h2-7,23H,8H2,1H3,(H,19,20)(H,21,22). The maximum atomic E-state index is 11.4. The van der Waals surface area contributed by atoms with Crippen molar-refractivity contribution >= 4 is 23.1 Å². The van der Waals surface area contributed by atoms with Gasteiger partial charge in [0.25, 0.3) is 5.91 Å². The highest BCUT2D eigenvalue weighted by Crippen LogP contribution is 2.30. The number of nitrogens with one attached hydrogen (secondary N) is 2. The van der Waals surface area contributed by atoms with Gasteiger partial charge in [0.1, 0.15) is 5.84 Å². The number of hydroxylamine groups is 1. The molecular formula is C17H14N4O2. The summed E-state index contributed by atoms with van der Waals surface area (Å²) < 4.78 is 0. The number of fused-ring (bicyclic) bond motifs is 1. The van der Waals surface area contributed by atoms with Gasteiger partial charge >= 0.3 is 0 Å². The summed E-state index contributed by atoms with van der Waals surface area (Å²) in [6.45, 7) is 1.90. The van der Waals surface area contributed by atoms with Crippen LogP contribution >= 0.6 is 0 Å². The lowest BCUT2D eigenvalue weighted by atomic mass is 10.0. The summed E-state index contributed by atoms with van der Waals surface area (Å²) in [4.78, 5) is 15.9. The Morgan fingerprint density at radius 2 is 2.17 bits per heavy atom. The zero-order valence-corrected chi connectivity index (χ0v) is 12.4. The summed E-state index contributed by atoms with van der Waals surface area (Å²) in [5.74, 6) is 0.177. The van der Waals surface area contributed by atoms with Crippen molar-refractivity contribution in [1.29, 1.82) is 5.26 Å². The Balaban J connectivity index is 1.83. The molecular weight excluding hydrogens is 292 g/mol. The third-order valence-corrected chi connectivity index (χ3v) is 3.67. The zero-order chi connectivity index (χ0) is 16.4. The van der Waals surface area contributed by atoms with Gasteiger partial charge in [-0.1, -0.05) is 12.1 Å². The van der Waals surface area contributed by atoms with Gasteiger partial charge in [-0.25, -0.2) is 10.5 Å². The lowest BCUT2D eigenvalue weighted by Crippen LogP contribution is -2.19. The van der Waals surface area contributed by atoms with Gasteiger partial charge in [0.15, 0.2) is 0 Å². The van der Waals surface area contributed by atoms with Gasteiger partial charge in [0.05, 0.1) is 17.3 Å². The van der Waals surface area contributed by atoms with E-state index in [4.69, 9.17) is 10.5 Å². The summed E-state index contributed by atoms with van der Waals surface area (Å²) >= 11 is 0. The minimum atomic E-state index is -0.570. The normalized spacial score (nSPS) is 12.1. The predicted molar refractivity (Wildman–Crippen MR) is 86.0 cm³/mol. The lowest BCUT2D eigenvalue weighted by molar-refractivity contribution is 0.0706. The fourth-order valence-electron chi connectivity index (χ4n) is 2.53. The Morgan fingerprint density at radius 1 is 1.35 bits per heavy atom. The molecule has 6 nitrogen and oxygen atoms in total. The van der Waals surface area contributed by atoms with E-state index in [0.717, 1.165) is 22.6 Å². The van der Waals surface area contributed by atoms with Crippen LogP contribution in [-0.2, 0) is 6.42 Å². The number of carbonyl (C=O) groups excluding carboxylic acids is 1. The number of carbonyl (C=O) groups is 1. The fraction of sp³-hybridized carbons (Fsp3) is 0.118. The van der Waals surface area contributed by atoms with E-state index in [1.807, 2.05) is 19.1 Å². The smallest absolute Gasteiger partial charge is 0.274 e. The highest BCUT2D eigenvalue weighted by Gasteiger charge is 2.17. The molecule has 0 saturated heterocycles. The molecule has 0 aromatic heterocycles. The molecule has 0 atom stereocenters. The predicted octanol–water partition coefficient (Wildman–Crippen LogP) is 2.68. The van der Waals surface area contributed by atoms with E-state index < -0.39 is 5.91 Å². The molecule has 114 valence electrons. The quantitative estimate of drug-likeness (QED) is 0.587. The van der Waals surface area contributed by atoms with Crippen molar-refractivity contribution in [2.45, 2.75) is 13.3 Å². The van der Waals surface area contributed by atoms with Gasteiger partial charge in [0.2, 0.25) is 0 Å². The van der Waals surface area contributed by atoms with Crippen LogP contribution in [0.2, 0.25) is 0 Å². The van der Waals surface area contributed by atoms with Gasteiger partial charge < -0.3 is 5.32 Å². The SMILES string of the molecule is Cc1cc2c(cc1C#N)N=C(Nc1cccc(C(=O)NO)c1)C2. The second kappa shape index (κ2) is 5.91. The van der Waals surface area contributed by atoms with Crippen molar-refractivity contribution in [2.75, 3.05) is 5.32 Å². The highest BCUT2D eigenvalue weighted by molar-refractivity contribution is 6.03. The number of nitriles is 1. The number of anilines is 1. The van der Waals surface area contributed by atoms with Crippen molar-refractivity contribution in [3.05, 3.63) is 58.7 Å². The number of hydrogen-bond donors (Lipinski definition) is 3. The van der Waals surface area contributed by atoms with Crippen molar-refractivity contribution in [3.8, 4) is 6.07 Å². The first kappa shape index (κ1) is 14.8. The van der Waals surface area contributed by atoms with Crippen LogP contribution in [0.5, 0.6) is 0 Å². The molecule has 23 heavy (non-hydrogen) atoms. The molecule has 1 heterocycles. The van der Waals surface area contributed by atoms with E-state index in [1.54, 1.807) is 29.7 Å². The third kappa shape index (κ3) is 2.91. The average molecular weight is 306 g/mol. The molecule has 1 aliphatic heterocycles. The molecule has 0 unspecified atom stereocenters. The molecule has 3 rings (SSSR count). The summed E-state index contributed by atoms with van der Waals surface area (Å²) in [6.07, 6.45) is 0.637. The maximum absolute atomic E-state index is 11.4. The molecule has 0 fully saturated rings. The van der Waals surface area contributed by atoms with Crippen LogP contribution in [0, 0.1) is 18.3 Å². The maximum Gasteiger partial charge on any atom is 0.274 e. The van der Waals surface area contributed by atoms with Gasteiger partial charge in [0, 0.05) is 17.7 Å².